The molecule has 3 aromatic carbocycles. The van der Waals surface area contributed by atoms with Gasteiger partial charge in [-0.1, -0.05) is 40.2 Å². The lowest BCUT2D eigenvalue weighted by Crippen LogP contribution is -1.97. The quantitative estimate of drug-likeness (QED) is 0.434. The van der Waals surface area contributed by atoms with Gasteiger partial charge in [-0.3, -0.25) is 4.79 Å². The zero-order valence-electron chi connectivity index (χ0n) is 16.2. The minimum Gasteiger partial charge on any atom is -0.481 e. The Morgan fingerprint density at radius 3 is 2.30 bits per heavy atom. The highest BCUT2D eigenvalue weighted by Gasteiger charge is 2.26. The van der Waals surface area contributed by atoms with Crippen LogP contribution in [0.25, 0.3) is 17.2 Å². The molecular formula is C25H18BrFO3. The molecule has 5 heteroatoms. The van der Waals surface area contributed by atoms with Gasteiger partial charge in [0.15, 0.2) is 0 Å². The van der Waals surface area contributed by atoms with Gasteiger partial charge in [-0.25, -0.2) is 4.39 Å². The van der Waals surface area contributed by atoms with Crippen LogP contribution in [-0.2, 0) is 4.79 Å². The summed E-state index contributed by atoms with van der Waals surface area (Å²) in [5, 5.41) is 9.35. The number of halogens is 2. The van der Waals surface area contributed by atoms with Crippen molar-refractivity contribution in [3.8, 4) is 11.5 Å². The number of hydrogen-bond acceptors (Lipinski definition) is 2. The van der Waals surface area contributed by atoms with E-state index in [4.69, 9.17) is 4.74 Å². The van der Waals surface area contributed by atoms with Crippen molar-refractivity contribution >= 4 is 39.1 Å². The molecule has 4 rings (SSSR count). The molecule has 30 heavy (non-hydrogen) atoms. The predicted octanol–water partition coefficient (Wildman–Crippen LogP) is 7.18. The molecule has 3 aromatic rings. The van der Waals surface area contributed by atoms with Crippen LogP contribution >= 0.6 is 15.9 Å². The summed E-state index contributed by atoms with van der Waals surface area (Å²) >= 11 is 3.57. The maximum Gasteiger partial charge on any atom is 0.307 e. The summed E-state index contributed by atoms with van der Waals surface area (Å²) in [6.45, 7) is 1.96. The van der Waals surface area contributed by atoms with Crippen LogP contribution in [0, 0.1) is 5.82 Å². The largest absolute Gasteiger partial charge is 0.481 e. The Bertz CT molecular complexity index is 1180. The molecule has 0 aliphatic heterocycles. The normalized spacial score (nSPS) is 14.2. The summed E-state index contributed by atoms with van der Waals surface area (Å²) in [4.78, 5) is 11.4. The lowest BCUT2D eigenvalue weighted by Gasteiger charge is -2.07. The molecule has 0 fully saturated rings. The molecule has 0 amide bonds. The van der Waals surface area contributed by atoms with E-state index < -0.39 is 5.97 Å². The molecule has 1 aliphatic carbocycles. The molecule has 3 nitrogen and oxygen atoms in total. The number of hydrogen-bond donors (Lipinski definition) is 1. The van der Waals surface area contributed by atoms with Crippen molar-refractivity contribution in [2.24, 2.45) is 0 Å². The molecule has 0 atom stereocenters. The second-order valence-electron chi connectivity index (χ2n) is 7.02. The van der Waals surface area contributed by atoms with Gasteiger partial charge in [0.05, 0.1) is 6.42 Å². The van der Waals surface area contributed by atoms with E-state index in [9.17, 15) is 14.3 Å². The van der Waals surface area contributed by atoms with Gasteiger partial charge in [0.1, 0.15) is 17.3 Å². The van der Waals surface area contributed by atoms with Gasteiger partial charge >= 0.3 is 5.97 Å². The van der Waals surface area contributed by atoms with Crippen LogP contribution in [-0.4, -0.2) is 11.1 Å². The number of fused-ring (bicyclic) bond motifs is 1. The van der Waals surface area contributed by atoms with Crippen LogP contribution in [0.3, 0.4) is 0 Å². The van der Waals surface area contributed by atoms with Gasteiger partial charge in [-0.15, -0.1) is 0 Å². The molecular weight excluding hydrogens is 447 g/mol. The summed E-state index contributed by atoms with van der Waals surface area (Å²) in [7, 11) is 0. The fourth-order valence-corrected chi connectivity index (χ4v) is 4.21. The number of benzene rings is 3. The van der Waals surface area contributed by atoms with Crippen LogP contribution in [0.4, 0.5) is 4.39 Å². The standard InChI is InChI=1S/C25H18BrFO3/c1-15-21(20-3-2-4-23(26)25(20)22(15)14-24(28)29)13-16-5-9-18(10-6-16)30-19-11-7-17(27)8-12-19/h2-13H,14H2,1H3,(H,28,29)/b21-13-. The van der Waals surface area contributed by atoms with Crippen molar-refractivity contribution in [1.82, 2.24) is 0 Å². The first kappa shape index (κ1) is 20.1. The highest BCUT2D eigenvalue weighted by molar-refractivity contribution is 9.10. The molecule has 0 unspecified atom stereocenters. The number of carboxylic acids is 1. The van der Waals surface area contributed by atoms with Gasteiger partial charge < -0.3 is 9.84 Å². The van der Waals surface area contributed by atoms with Crippen LogP contribution in [0.5, 0.6) is 11.5 Å². The van der Waals surface area contributed by atoms with Crippen LogP contribution in [0.1, 0.15) is 30.0 Å². The summed E-state index contributed by atoms with van der Waals surface area (Å²) in [6, 6.07) is 19.3. The summed E-state index contributed by atoms with van der Waals surface area (Å²) < 4.78 is 19.7. The molecule has 0 bridgehead atoms. The lowest BCUT2D eigenvalue weighted by atomic mass is 10.0. The van der Waals surface area contributed by atoms with Crippen molar-refractivity contribution in [2.75, 3.05) is 0 Å². The smallest absolute Gasteiger partial charge is 0.307 e. The third-order valence-corrected chi connectivity index (χ3v) is 5.69. The first-order valence-electron chi connectivity index (χ1n) is 9.39. The number of carboxylic acid groups (broad SMARTS) is 1. The number of aliphatic carboxylic acids is 1. The zero-order chi connectivity index (χ0) is 21.3. The highest BCUT2D eigenvalue weighted by atomic mass is 79.9. The van der Waals surface area contributed by atoms with Gasteiger partial charge in [0.2, 0.25) is 0 Å². The SMILES string of the molecule is CC1=C(CC(=O)O)c2c(Br)cccc2/C1=C\c1ccc(Oc2ccc(F)cc2)cc1. The van der Waals surface area contributed by atoms with Gasteiger partial charge in [-0.05, 0) is 83.3 Å². The molecule has 0 saturated carbocycles. The summed E-state index contributed by atoms with van der Waals surface area (Å²) in [5.74, 6) is 0.0550. The average Bonchev–Trinajstić information content (AvgIpc) is 2.97. The Hall–Kier alpha value is -3.18. The third-order valence-electron chi connectivity index (χ3n) is 5.03. The molecule has 0 saturated heterocycles. The van der Waals surface area contributed by atoms with Crippen molar-refractivity contribution in [3.05, 3.63) is 99.3 Å². The Morgan fingerprint density at radius 2 is 1.67 bits per heavy atom. The Kier molecular flexibility index (Phi) is 5.55. The predicted molar refractivity (Wildman–Crippen MR) is 120 cm³/mol. The number of carbonyl (C=O) groups is 1. The van der Waals surface area contributed by atoms with E-state index in [2.05, 4.69) is 22.0 Å². The Morgan fingerprint density at radius 1 is 1.03 bits per heavy atom. The van der Waals surface area contributed by atoms with Crippen molar-refractivity contribution < 1.29 is 19.0 Å². The fourth-order valence-electron chi connectivity index (χ4n) is 3.60. The maximum absolute atomic E-state index is 13.0. The molecule has 0 radical (unpaired) electrons. The van der Waals surface area contributed by atoms with E-state index in [1.807, 2.05) is 49.4 Å². The Balaban J connectivity index is 1.65. The second-order valence-corrected chi connectivity index (χ2v) is 7.87. The molecule has 1 N–H and O–H groups in total. The monoisotopic (exact) mass is 464 g/mol. The highest BCUT2D eigenvalue weighted by Crippen LogP contribution is 2.46. The van der Waals surface area contributed by atoms with Crippen LogP contribution in [0.15, 0.2) is 76.8 Å². The van der Waals surface area contributed by atoms with Crippen molar-refractivity contribution in [3.63, 3.8) is 0 Å². The lowest BCUT2D eigenvalue weighted by molar-refractivity contribution is -0.135. The van der Waals surface area contributed by atoms with Crippen LogP contribution in [0.2, 0.25) is 0 Å². The first-order valence-corrected chi connectivity index (χ1v) is 10.2. The van der Waals surface area contributed by atoms with Crippen LogP contribution < -0.4 is 4.74 Å². The molecule has 0 heterocycles. The molecule has 150 valence electrons. The molecule has 0 spiro atoms. The second kappa shape index (κ2) is 8.28. The minimum atomic E-state index is -0.852. The van der Waals surface area contributed by atoms with Crippen molar-refractivity contribution in [1.29, 1.82) is 0 Å². The minimum absolute atomic E-state index is 0.0246. The van der Waals surface area contributed by atoms with E-state index in [-0.39, 0.29) is 12.2 Å². The fraction of sp³-hybridized carbons (Fsp3) is 0.0800. The average molecular weight is 465 g/mol. The number of allylic oxidation sites excluding steroid dienone is 2. The van der Waals surface area contributed by atoms with Gasteiger partial charge in [-0.2, -0.15) is 0 Å². The van der Waals surface area contributed by atoms with Gasteiger partial charge in [0, 0.05) is 10.0 Å². The summed E-state index contributed by atoms with van der Waals surface area (Å²) in [5.41, 5.74) is 5.73. The number of ether oxygens (including phenoxy) is 1. The number of rotatable bonds is 5. The topological polar surface area (TPSA) is 46.5 Å². The third kappa shape index (κ3) is 4.07. The maximum atomic E-state index is 13.0. The van der Waals surface area contributed by atoms with E-state index in [0.717, 1.165) is 37.9 Å². The molecule has 1 aliphatic rings. The summed E-state index contributed by atoms with van der Waals surface area (Å²) in [6.07, 6.45) is 2.03. The molecule has 0 aromatic heterocycles. The first-order chi connectivity index (χ1) is 14.4. The van der Waals surface area contributed by atoms with Gasteiger partial charge in [0.25, 0.3) is 0 Å². The van der Waals surface area contributed by atoms with E-state index in [1.54, 1.807) is 12.1 Å². The van der Waals surface area contributed by atoms with E-state index in [0.29, 0.717) is 11.5 Å². The zero-order valence-corrected chi connectivity index (χ0v) is 17.7. The van der Waals surface area contributed by atoms with Crippen molar-refractivity contribution in [2.45, 2.75) is 13.3 Å². The Labute approximate surface area is 182 Å². The van der Waals surface area contributed by atoms with E-state index >= 15 is 0 Å². The van der Waals surface area contributed by atoms with E-state index in [1.165, 1.54) is 12.1 Å².